The fraction of sp³-hybridized carbons (Fsp3) is 0.462. The molecule has 102 valence electrons. The minimum Gasteiger partial charge on any atom is -0.493 e. The van der Waals surface area contributed by atoms with E-state index in [2.05, 4.69) is 0 Å². The summed E-state index contributed by atoms with van der Waals surface area (Å²) in [5.74, 6) is -0.366. The number of nitro benzene ring substituents is 1. The molecule has 1 aromatic rings. The van der Waals surface area contributed by atoms with Gasteiger partial charge in [0.05, 0.1) is 11.5 Å². The first-order valence-electron chi connectivity index (χ1n) is 6.17. The van der Waals surface area contributed by atoms with Crippen LogP contribution in [-0.4, -0.2) is 17.3 Å². The number of benzene rings is 1. The zero-order valence-electron chi connectivity index (χ0n) is 10.3. The molecule has 5 nitrogen and oxygen atoms in total. The first-order valence-corrected chi connectivity index (χ1v) is 6.17. The van der Waals surface area contributed by atoms with Crippen molar-refractivity contribution < 1.29 is 18.8 Å². The van der Waals surface area contributed by atoms with Gasteiger partial charge in [0, 0.05) is 24.5 Å². The maximum Gasteiger partial charge on any atom is 0.305 e. The Bertz CT molecular complexity index is 503. The quantitative estimate of drug-likeness (QED) is 0.607. The van der Waals surface area contributed by atoms with Crippen LogP contribution in [0.25, 0.3) is 0 Å². The third-order valence-electron chi connectivity index (χ3n) is 3.28. The van der Waals surface area contributed by atoms with E-state index in [-0.39, 0.29) is 17.5 Å². The third kappa shape index (κ3) is 3.27. The van der Waals surface area contributed by atoms with E-state index in [9.17, 15) is 19.3 Å². The molecular formula is C13H14FNO4. The molecule has 2 rings (SSSR count). The monoisotopic (exact) mass is 267 g/mol. The molecule has 0 amide bonds. The molecule has 1 fully saturated rings. The van der Waals surface area contributed by atoms with E-state index in [4.69, 9.17) is 4.74 Å². The Morgan fingerprint density at radius 3 is 2.84 bits per heavy atom. The topological polar surface area (TPSA) is 69.4 Å². The van der Waals surface area contributed by atoms with E-state index >= 15 is 0 Å². The van der Waals surface area contributed by atoms with Crippen LogP contribution >= 0.6 is 0 Å². The first-order chi connectivity index (χ1) is 9.08. The Balaban J connectivity index is 1.88. The van der Waals surface area contributed by atoms with Crippen molar-refractivity contribution in [2.45, 2.75) is 25.7 Å². The Morgan fingerprint density at radius 1 is 1.47 bits per heavy atom. The van der Waals surface area contributed by atoms with Crippen molar-refractivity contribution in [1.82, 2.24) is 0 Å². The zero-order chi connectivity index (χ0) is 13.8. The van der Waals surface area contributed by atoms with Crippen LogP contribution in [0, 0.1) is 21.8 Å². The van der Waals surface area contributed by atoms with E-state index in [0.717, 1.165) is 25.0 Å². The average molecular weight is 267 g/mol. The van der Waals surface area contributed by atoms with Gasteiger partial charge in [-0.15, -0.1) is 0 Å². The number of nitro groups is 1. The molecule has 0 bridgehead atoms. The van der Waals surface area contributed by atoms with Crippen molar-refractivity contribution in [3.8, 4) is 5.75 Å². The van der Waals surface area contributed by atoms with Gasteiger partial charge in [0.15, 0.2) is 0 Å². The van der Waals surface area contributed by atoms with E-state index in [1.165, 1.54) is 6.07 Å². The van der Waals surface area contributed by atoms with Gasteiger partial charge in [0.2, 0.25) is 5.82 Å². The highest BCUT2D eigenvalue weighted by atomic mass is 19.1. The van der Waals surface area contributed by atoms with Gasteiger partial charge in [-0.3, -0.25) is 14.9 Å². The number of ether oxygens (including phenoxy) is 1. The standard InChI is InChI=1S/C13H14FNO4/c14-11-8-10(4-5-12(11)15(17)18)19-7-6-9-2-1-3-13(9)16/h4-5,8-9H,1-3,6-7H2. The number of hydrogen-bond donors (Lipinski definition) is 0. The zero-order valence-corrected chi connectivity index (χ0v) is 10.3. The second-order valence-electron chi connectivity index (χ2n) is 4.56. The molecular weight excluding hydrogens is 253 g/mol. The van der Waals surface area contributed by atoms with Crippen LogP contribution in [0.4, 0.5) is 10.1 Å². The Hall–Kier alpha value is -1.98. The van der Waals surface area contributed by atoms with E-state index in [0.29, 0.717) is 19.4 Å². The van der Waals surface area contributed by atoms with Crippen molar-refractivity contribution in [3.05, 3.63) is 34.1 Å². The number of Topliss-reactive ketones (excluding diaryl/α,β-unsaturated/α-hetero) is 1. The summed E-state index contributed by atoms with van der Waals surface area (Å²) in [4.78, 5) is 21.1. The van der Waals surface area contributed by atoms with Crippen molar-refractivity contribution in [2.24, 2.45) is 5.92 Å². The van der Waals surface area contributed by atoms with Crippen LogP contribution in [0.5, 0.6) is 5.75 Å². The molecule has 0 radical (unpaired) electrons. The SMILES string of the molecule is O=C1CCCC1CCOc1ccc([N+](=O)[O-])c(F)c1. The Labute approximate surface area is 109 Å². The van der Waals surface area contributed by atoms with Crippen LogP contribution in [0.1, 0.15) is 25.7 Å². The van der Waals surface area contributed by atoms with Crippen molar-refractivity contribution in [2.75, 3.05) is 6.61 Å². The van der Waals surface area contributed by atoms with Crippen molar-refractivity contribution >= 4 is 11.5 Å². The third-order valence-corrected chi connectivity index (χ3v) is 3.28. The summed E-state index contributed by atoms with van der Waals surface area (Å²) in [5, 5.41) is 10.4. The molecule has 1 aliphatic rings. The predicted molar refractivity (Wildman–Crippen MR) is 65.5 cm³/mol. The molecule has 0 N–H and O–H groups in total. The van der Waals surface area contributed by atoms with Crippen LogP contribution < -0.4 is 4.74 Å². The van der Waals surface area contributed by atoms with Crippen LogP contribution in [-0.2, 0) is 4.79 Å². The van der Waals surface area contributed by atoms with Gasteiger partial charge in [-0.05, 0) is 25.3 Å². The van der Waals surface area contributed by atoms with E-state index in [1.807, 2.05) is 0 Å². The summed E-state index contributed by atoms with van der Waals surface area (Å²) in [6.07, 6.45) is 3.06. The molecule has 0 aliphatic heterocycles. The molecule has 6 heteroatoms. The van der Waals surface area contributed by atoms with Gasteiger partial charge in [0.25, 0.3) is 0 Å². The highest BCUT2D eigenvalue weighted by Gasteiger charge is 2.24. The number of halogens is 1. The van der Waals surface area contributed by atoms with E-state index in [1.54, 1.807) is 0 Å². The highest BCUT2D eigenvalue weighted by molar-refractivity contribution is 5.82. The summed E-state index contributed by atoms with van der Waals surface area (Å²) < 4.78 is 18.6. The van der Waals surface area contributed by atoms with Crippen LogP contribution in [0.2, 0.25) is 0 Å². The molecule has 1 unspecified atom stereocenters. The molecule has 1 aromatic carbocycles. The maximum atomic E-state index is 13.3. The largest absolute Gasteiger partial charge is 0.493 e. The van der Waals surface area contributed by atoms with Gasteiger partial charge in [-0.25, -0.2) is 0 Å². The van der Waals surface area contributed by atoms with Gasteiger partial charge < -0.3 is 4.74 Å². The van der Waals surface area contributed by atoms with Gasteiger partial charge >= 0.3 is 5.69 Å². The average Bonchev–Trinajstić information content (AvgIpc) is 2.75. The maximum absolute atomic E-state index is 13.3. The van der Waals surface area contributed by atoms with Crippen molar-refractivity contribution in [3.63, 3.8) is 0 Å². The number of carbonyl (C=O) groups excluding carboxylic acids is 1. The lowest BCUT2D eigenvalue weighted by molar-refractivity contribution is -0.387. The van der Waals surface area contributed by atoms with Gasteiger partial charge in [-0.2, -0.15) is 4.39 Å². The molecule has 0 spiro atoms. The lowest BCUT2D eigenvalue weighted by Crippen LogP contribution is -2.11. The van der Waals surface area contributed by atoms with E-state index < -0.39 is 16.4 Å². The minimum atomic E-state index is -0.917. The first kappa shape index (κ1) is 13.5. The minimum absolute atomic E-state index is 0.0443. The molecule has 0 heterocycles. The number of nitrogens with zero attached hydrogens (tertiary/aromatic N) is 1. The number of carbonyl (C=O) groups is 1. The normalized spacial score (nSPS) is 18.6. The molecule has 1 saturated carbocycles. The Morgan fingerprint density at radius 2 is 2.26 bits per heavy atom. The van der Waals surface area contributed by atoms with Crippen molar-refractivity contribution in [1.29, 1.82) is 0 Å². The summed E-state index contributed by atoms with van der Waals surface area (Å²) in [5.41, 5.74) is -0.571. The molecule has 0 aromatic heterocycles. The van der Waals surface area contributed by atoms with Crippen LogP contribution in [0.3, 0.4) is 0 Å². The molecule has 0 saturated heterocycles. The molecule has 1 atom stereocenters. The predicted octanol–water partition coefficient (Wildman–Crippen LogP) is 2.87. The van der Waals surface area contributed by atoms with Gasteiger partial charge in [-0.1, -0.05) is 0 Å². The summed E-state index contributed by atoms with van der Waals surface area (Å²) >= 11 is 0. The fourth-order valence-corrected chi connectivity index (χ4v) is 2.24. The summed E-state index contributed by atoms with van der Waals surface area (Å²) in [7, 11) is 0. The molecule has 19 heavy (non-hydrogen) atoms. The summed E-state index contributed by atoms with van der Waals surface area (Å²) in [6.45, 7) is 0.313. The lowest BCUT2D eigenvalue weighted by atomic mass is 10.0. The second kappa shape index (κ2) is 5.77. The lowest BCUT2D eigenvalue weighted by Gasteiger charge is -2.09. The van der Waals surface area contributed by atoms with Gasteiger partial charge in [0.1, 0.15) is 11.5 Å². The Kier molecular flexibility index (Phi) is 4.09. The fourth-order valence-electron chi connectivity index (χ4n) is 2.24. The van der Waals surface area contributed by atoms with Crippen LogP contribution in [0.15, 0.2) is 18.2 Å². The number of hydrogen-bond acceptors (Lipinski definition) is 4. The number of rotatable bonds is 5. The second-order valence-corrected chi connectivity index (χ2v) is 4.56. The smallest absolute Gasteiger partial charge is 0.305 e. The number of ketones is 1. The highest BCUT2D eigenvalue weighted by Crippen LogP contribution is 2.26. The summed E-state index contributed by atoms with van der Waals surface area (Å²) in [6, 6.07) is 3.43. The molecule has 1 aliphatic carbocycles.